The van der Waals surface area contributed by atoms with Gasteiger partial charge in [-0.2, -0.15) is 0 Å². The van der Waals surface area contributed by atoms with Gasteiger partial charge in [-0.25, -0.2) is 0 Å². The normalized spacial score (nSPS) is 10.5. The van der Waals surface area contributed by atoms with Crippen LogP contribution in [0.3, 0.4) is 0 Å². The smallest absolute Gasteiger partial charge is 0.150 e. The maximum absolute atomic E-state index is 11.2. The summed E-state index contributed by atoms with van der Waals surface area (Å²) >= 11 is 0. The van der Waals surface area contributed by atoms with Crippen molar-refractivity contribution in [3.05, 3.63) is 83.4 Å². The quantitative estimate of drug-likeness (QED) is 0.633. The van der Waals surface area contributed by atoms with Gasteiger partial charge in [0.1, 0.15) is 0 Å². The second-order valence-electron chi connectivity index (χ2n) is 4.64. The average molecular weight is 246 g/mol. The zero-order valence-electron chi connectivity index (χ0n) is 10.5. The van der Waals surface area contributed by atoms with E-state index in [4.69, 9.17) is 0 Å². The lowest BCUT2D eigenvalue weighted by molar-refractivity contribution is 0.112. The molecule has 0 radical (unpaired) electrons. The van der Waals surface area contributed by atoms with Gasteiger partial charge in [-0.15, -0.1) is 0 Å². The van der Waals surface area contributed by atoms with Crippen LogP contribution >= 0.6 is 0 Å². The summed E-state index contributed by atoms with van der Waals surface area (Å²) in [7, 11) is 0. The third-order valence-corrected chi connectivity index (χ3v) is 3.39. The van der Waals surface area contributed by atoms with Crippen LogP contribution < -0.4 is 0 Å². The summed E-state index contributed by atoms with van der Waals surface area (Å²) in [5.74, 6) is 0. The first-order valence-electron chi connectivity index (χ1n) is 6.38. The second kappa shape index (κ2) is 5.07. The van der Waals surface area contributed by atoms with Gasteiger partial charge in [0.15, 0.2) is 6.29 Å². The van der Waals surface area contributed by atoms with Gasteiger partial charge in [-0.05, 0) is 34.7 Å². The number of carbonyl (C=O) groups is 1. The van der Waals surface area contributed by atoms with E-state index < -0.39 is 0 Å². The van der Waals surface area contributed by atoms with E-state index in [2.05, 4.69) is 18.2 Å². The van der Waals surface area contributed by atoms with Crippen LogP contribution in [0.25, 0.3) is 11.1 Å². The van der Waals surface area contributed by atoms with E-state index in [-0.39, 0.29) is 0 Å². The van der Waals surface area contributed by atoms with E-state index in [9.17, 15) is 4.79 Å². The summed E-state index contributed by atoms with van der Waals surface area (Å²) < 4.78 is 0. The van der Waals surface area contributed by atoms with Crippen molar-refractivity contribution in [3.8, 4) is 11.1 Å². The SMILES string of the molecule is O=Cc1cc(Cc2ccccc2)c2cccccc1-2. The molecule has 3 rings (SSSR count). The first kappa shape index (κ1) is 11.7. The monoisotopic (exact) mass is 246 g/mol. The molecule has 0 fully saturated rings. The molecule has 1 aromatic carbocycles. The lowest BCUT2D eigenvalue weighted by atomic mass is 10.0. The molecule has 1 nitrogen and oxygen atoms in total. The molecule has 0 unspecified atom stereocenters. The molecule has 0 bridgehead atoms. The lowest BCUT2D eigenvalue weighted by Crippen LogP contribution is -1.86. The molecule has 0 atom stereocenters. The summed E-state index contributed by atoms with van der Waals surface area (Å²) in [5, 5.41) is 0. The first-order valence-corrected chi connectivity index (χ1v) is 6.38. The predicted octanol–water partition coefficient (Wildman–Crippen LogP) is 4.19. The van der Waals surface area contributed by atoms with Crippen LogP contribution in [-0.2, 0) is 6.42 Å². The molecule has 2 aliphatic carbocycles. The lowest BCUT2D eigenvalue weighted by Gasteiger charge is -2.02. The summed E-state index contributed by atoms with van der Waals surface area (Å²) in [6.07, 6.45) is 1.80. The highest BCUT2D eigenvalue weighted by Crippen LogP contribution is 2.32. The minimum Gasteiger partial charge on any atom is -0.298 e. The predicted molar refractivity (Wildman–Crippen MR) is 77.7 cm³/mol. The number of benzene rings is 1. The van der Waals surface area contributed by atoms with E-state index in [0.717, 1.165) is 29.4 Å². The van der Waals surface area contributed by atoms with Crippen LogP contribution in [0.15, 0.2) is 66.7 Å². The molecule has 0 heterocycles. The van der Waals surface area contributed by atoms with Crippen LogP contribution in [0.1, 0.15) is 21.5 Å². The molecular weight excluding hydrogens is 232 g/mol. The Morgan fingerprint density at radius 1 is 0.789 bits per heavy atom. The third kappa shape index (κ3) is 2.27. The Morgan fingerprint density at radius 3 is 2.11 bits per heavy atom. The topological polar surface area (TPSA) is 17.1 Å². The Morgan fingerprint density at radius 2 is 1.42 bits per heavy atom. The maximum atomic E-state index is 11.2. The van der Waals surface area contributed by atoms with Crippen molar-refractivity contribution < 1.29 is 4.79 Å². The number of aldehydes is 1. The highest BCUT2D eigenvalue weighted by molar-refractivity contribution is 5.91. The Labute approximate surface area is 112 Å². The maximum Gasteiger partial charge on any atom is 0.150 e. The first-order chi connectivity index (χ1) is 9.38. The fourth-order valence-corrected chi connectivity index (χ4v) is 2.48. The molecule has 0 aliphatic heterocycles. The molecule has 1 aromatic rings. The van der Waals surface area contributed by atoms with Crippen molar-refractivity contribution in [2.24, 2.45) is 0 Å². The van der Waals surface area contributed by atoms with Crippen molar-refractivity contribution in [1.82, 2.24) is 0 Å². The molecule has 0 saturated heterocycles. The van der Waals surface area contributed by atoms with Crippen molar-refractivity contribution in [1.29, 1.82) is 0 Å². The van der Waals surface area contributed by atoms with Gasteiger partial charge in [0, 0.05) is 5.56 Å². The zero-order chi connectivity index (χ0) is 13.1. The van der Waals surface area contributed by atoms with E-state index in [0.29, 0.717) is 0 Å². The minimum absolute atomic E-state index is 0.775. The van der Waals surface area contributed by atoms with E-state index >= 15 is 0 Å². The number of hydrogen-bond donors (Lipinski definition) is 0. The molecular formula is C18H14O. The average Bonchev–Trinajstić information content (AvgIpc) is 2.64. The van der Waals surface area contributed by atoms with Crippen LogP contribution in [0.5, 0.6) is 0 Å². The number of rotatable bonds is 3. The largest absolute Gasteiger partial charge is 0.298 e. The molecule has 0 saturated carbocycles. The summed E-state index contributed by atoms with van der Waals surface area (Å²) in [6, 6.07) is 22.4. The van der Waals surface area contributed by atoms with Crippen molar-refractivity contribution in [2.75, 3.05) is 0 Å². The molecule has 19 heavy (non-hydrogen) atoms. The van der Waals surface area contributed by atoms with E-state index in [1.807, 2.05) is 48.5 Å². The summed E-state index contributed by atoms with van der Waals surface area (Å²) in [6.45, 7) is 0. The zero-order valence-corrected chi connectivity index (χ0v) is 10.5. The highest BCUT2D eigenvalue weighted by Gasteiger charge is 2.13. The summed E-state index contributed by atoms with van der Waals surface area (Å²) in [5.41, 5.74) is 5.44. The Balaban J connectivity index is 2.08. The standard InChI is InChI=1S/C18H14O/c19-13-16-12-15(11-14-7-3-1-4-8-14)17-9-5-2-6-10-18(16)17/h1-10,12-13H,11H2. The van der Waals surface area contributed by atoms with Gasteiger partial charge in [0.2, 0.25) is 0 Å². The Hall–Kier alpha value is -2.41. The Bertz CT molecular complexity index is 671. The number of hydrogen-bond acceptors (Lipinski definition) is 1. The van der Waals surface area contributed by atoms with Crippen molar-refractivity contribution in [3.63, 3.8) is 0 Å². The Kier molecular flexibility index (Phi) is 3.11. The fraction of sp³-hybridized carbons (Fsp3) is 0.0556. The fourth-order valence-electron chi connectivity index (χ4n) is 2.48. The number of carbonyl (C=O) groups excluding carboxylic acids is 1. The van der Waals surface area contributed by atoms with Gasteiger partial charge in [0.25, 0.3) is 0 Å². The van der Waals surface area contributed by atoms with Crippen LogP contribution in [0.4, 0.5) is 0 Å². The second-order valence-corrected chi connectivity index (χ2v) is 4.64. The van der Waals surface area contributed by atoms with Crippen LogP contribution in [0, 0.1) is 0 Å². The molecule has 92 valence electrons. The minimum atomic E-state index is 0.775. The van der Waals surface area contributed by atoms with Gasteiger partial charge >= 0.3 is 0 Å². The van der Waals surface area contributed by atoms with E-state index in [1.165, 1.54) is 11.1 Å². The molecule has 0 aromatic heterocycles. The molecule has 2 aliphatic rings. The molecule has 0 spiro atoms. The van der Waals surface area contributed by atoms with Crippen LogP contribution in [0.2, 0.25) is 0 Å². The van der Waals surface area contributed by atoms with E-state index in [1.54, 1.807) is 0 Å². The third-order valence-electron chi connectivity index (χ3n) is 3.39. The van der Waals surface area contributed by atoms with Gasteiger partial charge in [-0.3, -0.25) is 4.79 Å². The van der Waals surface area contributed by atoms with Gasteiger partial charge < -0.3 is 0 Å². The number of fused-ring (bicyclic) bond motifs is 1. The highest BCUT2D eigenvalue weighted by atomic mass is 16.1. The molecule has 0 N–H and O–H groups in total. The van der Waals surface area contributed by atoms with Gasteiger partial charge in [0.05, 0.1) is 0 Å². The van der Waals surface area contributed by atoms with Crippen molar-refractivity contribution in [2.45, 2.75) is 6.42 Å². The summed E-state index contributed by atoms with van der Waals surface area (Å²) in [4.78, 5) is 11.2. The molecule has 1 heteroatoms. The van der Waals surface area contributed by atoms with Gasteiger partial charge in [-0.1, -0.05) is 60.7 Å². The van der Waals surface area contributed by atoms with Crippen molar-refractivity contribution >= 4 is 6.29 Å². The molecule has 0 amide bonds. The van der Waals surface area contributed by atoms with Crippen LogP contribution in [-0.4, -0.2) is 6.29 Å².